The molecule has 1 saturated heterocycles. The summed E-state index contributed by atoms with van der Waals surface area (Å²) in [5, 5.41) is 0. The molecule has 0 spiro atoms. The number of rotatable bonds is 3. The van der Waals surface area contributed by atoms with Gasteiger partial charge in [0.25, 0.3) is 0 Å². The van der Waals surface area contributed by atoms with Crippen molar-refractivity contribution in [1.82, 2.24) is 4.90 Å². The molecular weight excluding hydrogens is 227 g/mol. The minimum Gasteiger partial charge on any atom is -0.320 e. The van der Waals surface area contributed by atoms with Crippen molar-refractivity contribution in [3.05, 3.63) is 35.6 Å². The van der Waals surface area contributed by atoms with Crippen LogP contribution in [0.4, 0.5) is 4.39 Å². The van der Waals surface area contributed by atoms with Crippen LogP contribution in [0.5, 0.6) is 0 Å². The van der Waals surface area contributed by atoms with Gasteiger partial charge in [-0.3, -0.25) is 4.90 Å². The summed E-state index contributed by atoms with van der Waals surface area (Å²) in [7, 11) is 0. The van der Waals surface area contributed by atoms with Gasteiger partial charge in [-0.05, 0) is 45.8 Å². The molecule has 18 heavy (non-hydrogen) atoms. The Labute approximate surface area is 109 Å². The summed E-state index contributed by atoms with van der Waals surface area (Å²) in [6.07, 6.45) is 3.74. The van der Waals surface area contributed by atoms with Crippen LogP contribution in [0, 0.1) is 5.82 Å². The predicted molar refractivity (Wildman–Crippen MR) is 72.8 cm³/mol. The zero-order valence-corrected chi connectivity index (χ0v) is 11.3. The van der Waals surface area contributed by atoms with Gasteiger partial charge < -0.3 is 5.73 Å². The third-order valence-electron chi connectivity index (χ3n) is 4.26. The van der Waals surface area contributed by atoms with Crippen LogP contribution in [-0.2, 0) is 5.54 Å². The Kier molecular flexibility index (Phi) is 4.03. The molecule has 0 bridgehead atoms. The molecule has 2 atom stereocenters. The van der Waals surface area contributed by atoms with E-state index in [9.17, 15) is 4.39 Å². The normalized spacial score (nSPS) is 22.4. The highest BCUT2D eigenvalue weighted by Gasteiger charge is 2.35. The molecule has 1 heterocycles. The van der Waals surface area contributed by atoms with Crippen molar-refractivity contribution in [2.24, 2.45) is 5.73 Å². The van der Waals surface area contributed by atoms with Crippen LogP contribution in [0.25, 0.3) is 0 Å². The largest absolute Gasteiger partial charge is 0.320 e. The summed E-state index contributed by atoms with van der Waals surface area (Å²) in [6, 6.07) is 7.00. The van der Waals surface area contributed by atoms with Gasteiger partial charge in [0.1, 0.15) is 5.82 Å². The average molecular weight is 250 g/mol. The average Bonchev–Trinajstić information content (AvgIpc) is 2.39. The number of likely N-dealkylation sites (tertiary alicyclic amines) is 1. The highest BCUT2D eigenvalue weighted by Crippen LogP contribution is 2.29. The van der Waals surface area contributed by atoms with Crippen molar-refractivity contribution in [2.45, 2.75) is 44.7 Å². The van der Waals surface area contributed by atoms with E-state index in [0.717, 1.165) is 13.1 Å². The van der Waals surface area contributed by atoms with Gasteiger partial charge in [-0.2, -0.15) is 0 Å². The van der Waals surface area contributed by atoms with Gasteiger partial charge in [0.15, 0.2) is 0 Å². The minimum atomic E-state index is -0.650. The fourth-order valence-electron chi connectivity index (χ4n) is 2.81. The highest BCUT2D eigenvalue weighted by atomic mass is 19.1. The van der Waals surface area contributed by atoms with Crippen molar-refractivity contribution in [1.29, 1.82) is 0 Å². The summed E-state index contributed by atoms with van der Waals surface area (Å²) in [5.74, 6) is -0.202. The molecule has 100 valence electrons. The fraction of sp³-hybridized carbons (Fsp3) is 0.600. The van der Waals surface area contributed by atoms with E-state index in [-0.39, 0.29) is 11.9 Å². The molecule has 0 aliphatic carbocycles. The topological polar surface area (TPSA) is 29.3 Å². The first-order valence-corrected chi connectivity index (χ1v) is 6.81. The Balaban J connectivity index is 2.21. The molecule has 1 fully saturated rings. The first-order valence-electron chi connectivity index (χ1n) is 6.81. The van der Waals surface area contributed by atoms with Crippen LogP contribution in [0.1, 0.15) is 38.7 Å². The van der Waals surface area contributed by atoms with Gasteiger partial charge in [-0.1, -0.05) is 24.6 Å². The first-order chi connectivity index (χ1) is 8.53. The molecule has 2 N–H and O–H groups in total. The van der Waals surface area contributed by atoms with E-state index < -0.39 is 5.54 Å². The number of nitrogens with two attached hydrogens (primary N) is 1. The number of piperidine rings is 1. The quantitative estimate of drug-likeness (QED) is 0.893. The number of hydrogen-bond donors (Lipinski definition) is 1. The van der Waals surface area contributed by atoms with Crippen molar-refractivity contribution >= 4 is 0 Å². The van der Waals surface area contributed by atoms with E-state index in [1.807, 2.05) is 13.0 Å². The lowest BCUT2D eigenvalue weighted by Crippen LogP contribution is -2.54. The van der Waals surface area contributed by atoms with Crippen LogP contribution in [0.3, 0.4) is 0 Å². The smallest absolute Gasteiger partial charge is 0.128 e. The molecular formula is C15H23FN2. The van der Waals surface area contributed by atoms with E-state index in [1.165, 1.54) is 25.3 Å². The lowest BCUT2D eigenvalue weighted by molar-refractivity contribution is 0.115. The lowest BCUT2D eigenvalue weighted by Gasteiger charge is -2.42. The lowest BCUT2D eigenvalue weighted by atomic mass is 9.84. The molecule has 1 aromatic carbocycles. The highest BCUT2D eigenvalue weighted by molar-refractivity contribution is 5.27. The molecule has 1 aliphatic rings. The molecule has 3 heteroatoms. The second kappa shape index (κ2) is 5.37. The summed E-state index contributed by atoms with van der Waals surface area (Å²) in [4.78, 5) is 2.38. The first kappa shape index (κ1) is 13.5. The van der Waals surface area contributed by atoms with Gasteiger partial charge in [-0.15, -0.1) is 0 Å². The second-order valence-corrected chi connectivity index (χ2v) is 5.54. The molecule has 1 aromatic rings. The number of hydrogen-bond acceptors (Lipinski definition) is 2. The summed E-state index contributed by atoms with van der Waals surface area (Å²) in [5.41, 5.74) is 6.40. The Morgan fingerprint density at radius 1 is 1.22 bits per heavy atom. The molecule has 2 rings (SSSR count). The van der Waals surface area contributed by atoms with Crippen molar-refractivity contribution < 1.29 is 4.39 Å². The standard InChI is InChI=1S/C15H23FN2/c1-12(18-10-6-3-7-11-18)15(2,17)13-8-4-5-9-14(13)16/h4-5,8-9,12H,3,6-7,10-11,17H2,1-2H3. The minimum absolute atomic E-state index is 0.148. The van der Waals surface area contributed by atoms with E-state index in [1.54, 1.807) is 12.1 Å². The summed E-state index contributed by atoms with van der Waals surface area (Å²) >= 11 is 0. The maximum absolute atomic E-state index is 13.9. The molecule has 0 saturated carbocycles. The Hall–Kier alpha value is -0.930. The third kappa shape index (κ3) is 2.57. The SMILES string of the molecule is CC(N1CCCCC1)C(C)(N)c1ccccc1F. The van der Waals surface area contributed by atoms with Crippen LogP contribution < -0.4 is 5.73 Å². The fourth-order valence-corrected chi connectivity index (χ4v) is 2.81. The van der Waals surface area contributed by atoms with Gasteiger partial charge in [0.2, 0.25) is 0 Å². The summed E-state index contributed by atoms with van der Waals surface area (Å²) in [6.45, 7) is 6.19. The van der Waals surface area contributed by atoms with Crippen LogP contribution in [-0.4, -0.2) is 24.0 Å². The van der Waals surface area contributed by atoms with Crippen molar-refractivity contribution in [2.75, 3.05) is 13.1 Å². The van der Waals surface area contributed by atoms with E-state index in [2.05, 4.69) is 11.8 Å². The monoisotopic (exact) mass is 250 g/mol. The zero-order valence-electron chi connectivity index (χ0n) is 11.3. The Bertz CT molecular complexity index is 397. The van der Waals surface area contributed by atoms with Crippen molar-refractivity contribution in [3.8, 4) is 0 Å². The van der Waals surface area contributed by atoms with Crippen molar-refractivity contribution in [3.63, 3.8) is 0 Å². The van der Waals surface area contributed by atoms with E-state index in [0.29, 0.717) is 5.56 Å². The van der Waals surface area contributed by atoms with Crippen LogP contribution >= 0.6 is 0 Å². The Morgan fingerprint density at radius 2 is 1.83 bits per heavy atom. The number of benzene rings is 1. The maximum Gasteiger partial charge on any atom is 0.128 e. The van der Waals surface area contributed by atoms with Gasteiger partial charge >= 0.3 is 0 Å². The number of halogens is 1. The Morgan fingerprint density at radius 3 is 2.44 bits per heavy atom. The predicted octanol–water partition coefficient (Wildman–Crippen LogP) is 2.87. The molecule has 0 aromatic heterocycles. The molecule has 1 aliphatic heterocycles. The third-order valence-corrected chi connectivity index (χ3v) is 4.26. The van der Waals surface area contributed by atoms with E-state index >= 15 is 0 Å². The van der Waals surface area contributed by atoms with Gasteiger partial charge in [0.05, 0.1) is 5.54 Å². The number of nitrogens with zero attached hydrogens (tertiary/aromatic N) is 1. The van der Waals surface area contributed by atoms with Crippen LogP contribution in [0.15, 0.2) is 24.3 Å². The maximum atomic E-state index is 13.9. The van der Waals surface area contributed by atoms with Crippen LogP contribution in [0.2, 0.25) is 0 Å². The van der Waals surface area contributed by atoms with E-state index in [4.69, 9.17) is 5.73 Å². The van der Waals surface area contributed by atoms with Gasteiger partial charge in [-0.25, -0.2) is 4.39 Å². The molecule has 0 radical (unpaired) electrons. The molecule has 2 unspecified atom stereocenters. The molecule has 2 nitrogen and oxygen atoms in total. The summed E-state index contributed by atoms with van der Waals surface area (Å²) < 4.78 is 13.9. The zero-order chi connectivity index (χ0) is 13.2. The van der Waals surface area contributed by atoms with Gasteiger partial charge in [0, 0.05) is 11.6 Å². The second-order valence-electron chi connectivity index (χ2n) is 5.54. The molecule has 0 amide bonds.